The van der Waals surface area contributed by atoms with Crippen molar-refractivity contribution >= 4 is 10.9 Å². The molecule has 0 bridgehead atoms. The van der Waals surface area contributed by atoms with Crippen LogP contribution in [0.4, 0.5) is 8.78 Å². The van der Waals surface area contributed by atoms with Gasteiger partial charge in [0.15, 0.2) is 0 Å². The highest BCUT2D eigenvalue weighted by Crippen LogP contribution is 2.31. The third-order valence-electron chi connectivity index (χ3n) is 3.41. The predicted molar refractivity (Wildman–Crippen MR) is 77.3 cm³/mol. The number of H-pyrrole nitrogens is 1. The molecule has 1 radical (unpaired) electrons. The highest BCUT2D eigenvalue weighted by molar-refractivity contribution is 5.91. The molecule has 1 nitrogen and oxygen atoms in total. The van der Waals surface area contributed by atoms with Crippen molar-refractivity contribution in [3.05, 3.63) is 66.1 Å². The van der Waals surface area contributed by atoms with Crippen molar-refractivity contribution in [3.63, 3.8) is 0 Å². The summed E-state index contributed by atoms with van der Waals surface area (Å²) in [7, 11) is 0. The molecule has 0 aliphatic heterocycles. The van der Waals surface area contributed by atoms with E-state index in [1.54, 1.807) is 18.2 Å². The fourth-order valence-corrected chi connectivity index (χ4v) is 2.50. The molecule has 1 N–H and O–H groups in total. The fraction of sp³-hybridized carbons (Fsp3) is 0.118. The topological polar surface area (TPSA) is 15.8 Å². The van der Waals surface area contributed by atoms with Gasteiger partial charge in [0.1, 0.15) is 11.6 Å². The average Bonchev–Trinajstić information content (AvgIpc) is 2.79. The molecule has 0 fully saturated rings. The first-order valence-electron chi connectivity index (χ1n) is 6.53. The molecule has 0 aliphatic carbocycles. The first kappa shape index (κ1) is 12.9. The minimum atomic E-state index is -0.264. The van der Waals surface area contributed by atoms with E-state index < -0.39 is 0 Å². The molecule has 0 amide bonds. The van der Waals surface area contributed by atoms with Crippen molar-refractivity contribution in [2.24, 2.45) is 0 Å². The molecule has 0 aliphatic rings. The van der Waals surface area contributed by atoms with E-state index in [0.29, 0.717) is 0 Å². The molecule has 3 heteroatoms. The van der Waals surface area contributed by atoms with Crippen LogP contribution in [-0.4, -0.2) is 4.98 Å². The Bertz CT molecular complexity index is 742. The SMILES string of the molecule is C[CH]Cc1c(-c2ccc(F)cc2)[nH]c2ccc(F)cc12. The van der Waals surface area contributed by atoms with Crippen LogP contribution in [0.2, 0.25) is 0 Å². The molecule has 0 spiro atoms. The lowest BCUT2D eigenvalue weighted by Gasteiger charge is -2.03. The molecule has 3 aromatic rings. The lowest BCUT2D eigenvalue weighted by atomic mass is 10.0. The molecule has 1 aromatic heterocycles. The number of halogens is 2. The molecular weight excluding hydrogens is 256 g/mol. The van der Waals surface area contributed by atoms with E-state index in [2.05, 4.69) is 4.98 Å². The summed E-state index contributed by atoms with van der Waals surface area (Å²) >= 11 is 0. The van der Waals surface area contributed by atoms with Crippen molar-refractivity contribution in [1.82, 2.24) is 4.98 Å². The Morgan fingerprint density at radius 3 is 2.40 bits per heavy atom. The Labute approximate surface area is 116 Å². The summed E-state index contributed by atoms with van der Waals surface area (Å²) in [5, 5.41) is 0.877. The number of aromatic nitrogens is 1. The van der Waals surface area contributed by atoms with Crippen LogP contribution in [-0.2, 0) is 6.42 Å². The van der Waals surface area contributed by atoms with E-state index in [-0.39, 0.29) is 11.6 Å². The Balaban J connectivity index is 2.23. The maximum Gasteiger partial charge on any atom is 0.123 e. The zero-order valence-electron chi connectivity index (χ0n) is 11.1. The zero-order valence-corrected chi connectivity index (χ0v) is 11.1. The second-order valence-corrected chi connectivity index (χ2v) is 4.79. The molecule has 1 heterocycles. The first-order valence-corrected chi connectivity index (χ1v) is 6.53. The number of hydrogen-bond acceptors (Lipinski definition) is 0. The van der Waals surface area contributed by atoms with E-state index in [4.69, 9.17) is 0 Å². The minimum Gasteiger partial charge on any atom is -0.354 e. The third-order valence-corrected chi connectivity index (χ3v) is 3.41. The van der Waals surface area contributed by atoms with Crippen LogP contribution in [0.3, 0.4) is 0 Å². The molecule has 0 saturated carbocycles. The standard InChI is InChI=1S/C17H14F2N/c1-2-3-14-15-10-13(19)8-9-16(15)20-17(14)11-4-6-12(18)7-5-11/h2,4-10,20H,3H2,1H3. The number of aromatic amines is 1. The summed E-state index contributed by atoms with van der Waals surface area (Å²) in [5.41, 5.74) is 3.75. The lowest BCUT2D eigenvalue weighted by Crippen LogP contribution is -1.88. The number of nitrogens with one attached hydrogen (secondary N) is 1. The van der Waals surface area contributed by atoms with Gasteiger partial charge in [0.2, 0.25) is 0 Å². The van der Waals surface area contributed by atoms with Gasteiger partial charge in [-0.25, -0.2) is 8.78 Å². The van der Waals surface area contributed by atoms with Gasteiger partial charge in [-0.1, -0.05) is 6.92 Å². The Morgan fingerprint density at radius 1 is 1.00 bits per heavy atom. The number of benzene rings is 2. The number of hydrogen-bond donors (Lipinski definition) is 1. The lowest BCUT2D eigenvalue weighted by molar-refractivity contribution is 0.628. The van der Waals surface area contributed by atoms with Crippen LogP contribution in [0.15, 0.2) is 42.5 Å². The van der Waals surface area contributed by atoms with Crippen molar-refractivity contribution in [3.8, 4) is 11.3 Å². The maximum atomic E-state index is 13.4. The largest absolute Gasteiger partial charge is 0.354 e. The summed E-state index contributed by atoms with van der Waals surface area (Å²) in [6.07, 6.45) is 2.76. The van der Waals surface area contributed by atoms with Crippen molar-refractivity contribution in [2.75, 3.05) is 0 Å². The van der Waals surface area contributed by atoms with Crippen molar-refractivity contribution in [1.29, 1.82) is 0 Å². The average molecular weight is 270 g/mol. The molecule has 101 valence electrons. The summed E-state index contributed by atoms with van der Waals surface area (Å²) < 4.78 is 26.5. The van der Waals surface area contributed by atoms with E-state index in [0.717, 1.165) is 34.1 Å². The van der Waals surface area contributed by atoms with Crippen LogP contribution < -0.4 is 0 Å². The van der Waals surface area contributed by atoms with Gasteiger partial charge in [-0.05, 0) is 66.4 Å². The van der Waals surface area contributed by atoms with Crippen LogP contribution in [0.5, 0.6) is 0 Å². The van der Waals surface area contributed by atoms with Gasteiger partial charge in [0, 0.05) is 16.6 Å². The van der Waals surface area contributed by atoms with Crippen LogP contribution in [0, 0.1) is 18.1 Å². The minimum absolute atomic E-state index is 0.250. The predicted octanol–water partition coefficient (Wildman–Crippen LogP) is 4.88. The number of rotatable bonds is 3. The second-order valence-electron chi connectivity index (χ2n) is 4.79. The summed E-state index contributed by atoms with van der Waals surface area (Å²) in [4.78, 5) is 3.30. The smallest absolute Gasteiger partial charge is 0.123 e. The van der Waals surface area contributed by atoms with Gasteiger partial charge in [0.25, 0.3) is 0 Å². The van der Waals surface area contributed by atoms with E-state index in [1.807, 2.05) is 13.3 Å². The molecule has 0 unspecified atom stereocenters. The van der Waals surface area contributed by atoms with E-state index in [9.17, 15) is 8.78 Å². The van der Waals surface area contributed by atoms with Crippen molar-refractivity contribution in [2.45, 2.75) is 13.3 Å². The molecular formula is C17H14F2N. The van der Waals surface area contributed by atoms with Crippen LogP contribution >= 0.6 is 0 Å². The Kier molecular flexibility index (Phi) is 3.26. The Morgan fingerprint density at radius 2 is 1.70 bits per heavy atom. The molecule has 3 rings (SSSR count). The zero-order chi connectivity index (χ0) is 14.1. The first-order chi connectivity index (χ1) is 9.69. The summed E-state index contributed by atoms with van der Waals surface area (Å²) in [6.45, 7) is 1.96. The molecule has 2 aromatic carbocycles. The fourth-order valence-electron chi connectivity index (χ4n) is 2.50. The maximum absolute atomic E-state index is 13.4. The summed E-state index contributed by atoms with van der Waals surface area (Å²) in [5.74, 6) is -0.515. The van der Waals surface area contributed by atoms with E-state index in [1.165, 1.54) is 24.3 Å². The van der Waals surface area contributed by atoms with E-state index >= 15 is 0 Å². The van der Waals surface area contributed by atoms with Gasteiger partial charge in [0.05, 0.1) is 0 Å². The summed E-state index contributed by atoms with van der Waals surface area (Å²) in [6, 6.07) is 11.0. The van der Waals surface area contributed by atoms with Gasteiger partial charge in [-0.2, -0.15) is 0 Å². The second kappa shape index (κ2) is 5.08. The van der Waals surface area contributed by atoms with Gasteiger partial charge in [-0.15, -0.1) is 0 Å². The quantitative estimate of drug-likeness (QED) is 0.698. The van der Waals surface area contributed by atoms with Gasteiger partial charge < -0.3 is 4.98 Å². The molecule has 0 saturated heterocycles. The van der Waals surface area contributed by atoms with Crippen LogP contribution in [0.1, 0.15) is 12.5 Å². The normalized spacial score (nSPS) is 11.2. The van der Waals surface area contributed by atoms with Crippen LogP contribution in [0.25, 0.3) is 22.2 Å². The molecule has 20 heavy (non-hydrogen) atoms. The monoisotopic (exact) mass is 270 g/mol. The number of fused-ring (bicyclic) bond motifs is 1. The Hall–Kier alpha value is -2.16. The van der Waals surface area contributed by atoms with Gasteiger partial charge in [-0.3, -0.25) is 0 Å². The highest BCUT2D eigenvalue weighted by Gasteiger charge is 2.13. The van der Waals surface area contributed by atoms with Crippen molar-refractivity contribution < 1.29 is 8.78 Å². The highest BCUT2D eigenvalue weighted by atomic mass is 19.1. The molecule has 0 atom stereocenters. The third kappa shape index (κ3) is 2.20. The van der Waals surface area contributed by atoms with Gasteiger partial charge >= 0.3 is 0 Å².